The van der Waals surface area contributed by atoms with Crippen molar-refractivity contribution in [2.24, 2.45) is 0 Å². The highest BCUT2D eigenvalue weighted by Crippen LogP contribution is 2.30. The first kappa shape index (κ1) is 17.8. The van der Waals surface area contributed by atoms with E-state index in [1.54, 1.807) is 0 Å². The molecule has 0 aromatic heterocycles. The van der Waals surface area contributed by atoms with Crippen LogP contribution in [0.25, 0.3) is 0 Å². The van der Waals surface area contributed by atoms with Gasteiger partial charge in [-0.25, -0.2) is 0 Å². The van der Waals surface area contributed by atoms with E-state index in [-0.39, 0.29) is 24.2 Å². The summed E-state index contributed by atoms with van der Waals surface area (Å²) in [5.74, 6) is 0.0492. The zero-order valence-electron chi connectivity index (χ0n) is 13.1. The van der Waals surface area contributed by atoms with E-state index in [9.17, 15) is 18.0 Å². The van der Waals surface area contributed by atoms with Crippen LogP contribution in [0.15, 0.2) is 54.6 Å². The summed E-state index contributed by atoms with van der Waals surface area (Å²) in [4.78, 5) is 11.8. The molecule has 0 fully saturated rings. The molecule has 1 atom stereocenters. The molecule has 2 aromatic carbocycles. The Labute approximate surface area is 138 Å². The van der Waals surface area contributed by atoms with Crippen molar-refractivity contribution >= 4 is 5.91 Å². The van der Waals surface area contributed by atoms with Gasteiger partial charge in [-0.3, -0.25) is 4.79 Å². The predicted octanol–water partition coefficient (Wildman–Crippen LogP) is 4.00. The summed E-state index contributed by atoms with van der Waals surface area (Å²) in [6.07, 6.45) is -4.39. The minimum Gasteiger partial charge on any atom is -0.484 e. The van der Waals surface area contributed by atoms with Gasteiger partial charge in [0.25, 0.3) is 5.91 Å². The van der Waals surface area contributed by atoms with E-state index in [4.69, 9.17) is 4.74 Å². The highest BCUT2D eigenvalue weighted by atomic mass is 19.4. The van der Waals surface area contributed by atoms with Crippen molar-refractivity contribution in [3.8, 4) is 5.75 Å². The molecule has 0 unspecified atom stereocenters. The van der Waals surface area contributed by atoms with E-state index < -0.39 is 11.7 Å². The fourth-order valence-electron chi connectivity index (χ4n) is 2.11. The highest BCUT2D eigenvalue weighted by molar-refractivity contribution is 5.77. The monoisotopic (exact) mass is 337 g/mol. The lowest BCUT2D eigenvalue weighted by atomic mass is 10.0. The van der Waals surface area contributed by atoms with E-state index in [0.717, 1.165) is 17.7 Å². The van der Waals surface area contributed by atoms with E-state index >= 15 is 0 Å². The molecule has 0 spiro atoms. The lowest BCUT2D eigenvalue weighted by Crippen LogP contribution is -2.31. The summed E-state index contributed by atoms with van der Waals surface area (Å²) in [7, 11) is 0. The van der Waals surface area contributed by atoms with Crippen molar-refractivity contribution in [1.29, 1.82) is 0 Å². The van der Waals surface area contributed by atoms with Crippen LogP contribution in [-0.4, -0.2) is 19.1 Å². The smallest absolute Gasteiger partial charge is 0.416 e. The lowest BCUT2D eigenvalue weighted by molar-refractivity contribution is -0.137. The first-order chi connectivity index (χ1) is 11.4. The molecule has 0 saturated carbocycles. The predicted molar refractivity (Wildman–Crippen MR) is 84.8 cm³/mol. The number of benzene rings is 2. The van der Waals surface area contributed by atoms with Gasteiger partial charge in [0.05, 0.1) is 5.56 Å². The van der Waals surface area contributed by atoms with Gasteiger partial charge in [-0.15, -0.1) is 0 Å². The number of hydrogen-bond acceptors (Lipinski definition) is 2. The molecule has 2 aromatic rings. The Balaban J connectivity index is 1.77. The second-order valence-electron chi connectivity index (χ2n) is 5.43. The Kier molecular flexibility index (Phi) is 5.84. The molecule has 0 aliphatic rings. The normalized spacial score (nSPS) is 12.5. The summed E-state index contributed by atoms with van der Waals surface area (Å²) >= 11 is 0. The molecule has 1 N–H and O–H groups in total. The molecule has 128 valence electrons. The minimum atomic E-state index is -4.39. The Morgan fingerprint density at radius 1 is 1.08 bits per heavy atom. The average Bonchev–Trinajstić information content (AvgIpc) is 2.58. The standard InChI is InChI=1S/C18H18F3NO2/c1-13(14-5-3-2-4-6-14)11-22-17(23)12-24-16-9-7-15(8-10-16)18(19,20)21/h2-10,13H,11-12H2,1H3,(H,22,23)/t13-/m1/s1. The van der Waals surface area contributed by atoms with Gasteiger partial charge in [0.1, 0.15) is 5.75 Å². The maximum absolute atomic E-state index is 12.4. The second-order valence-corrected chi connectivity index (χ2v) is 5.43. The largest absolute Gasteiger partial charge is 0.484 e. The van der Waals surface area contributed by atoms with E-state index in [1.165, 1.54) is 12.1 Å². The van der Waals surface area contributed by atoms with Crippen LogP contribution in [0.3, 0.4) is 0 Å². The van der Waals surface area contributed by atoms with Crippen molar-refractivity contribution in [3.05, 3.63) is 65.7 Å². The zero-order valence-corrected chi connectivity index (χ0v) is 13.1. The molecule has 0 radical (unpaired) electrons. The molecule has 0 heterocycles. The maximum Gasteiger partial charge on any atom is 0.416 e. The number of hydrogen-bond donors (Lipinski definition) is 1. The van der Waals surface area contributed by atoms with Gasteiger partial charge in [-0.2, -0.15) is 13.2 Å². The van der Waals surface area contributed by atoms with Gasteiger partial charge in [0, 0.05) is 6.54 Å². The van der Waals surface area contributed by atoms with Crippen molar-refractivity contribution in [3.63, 3.8) is 0 Å². The van der Waals surface area contributed by atoms with Crippen LogP contribution in [0.5, 0.6) is 5.75 Å². The third kappa shape index (κ3) is 5.30. The van der Waals surface area contributed by atoms with Gasteiger partial charge in [0.2, 0.25) is 0 Å². The SMILES string of the molecule is C[C@H](CNC(=O)COc1ccc(C(F)(F)F)cc1)c1ccccc1. The Morgan fingerprint density at radius 3 is 2.29 bits per heavy atom. The summed E-state index contributed by atoms with van der Waals surface area (Å²) in [5.41, 5.74) is 0.359. The van der Waals surface area contributed by atoms with Crippen LogP contribution in [0.2, 0.25) is 0 Å². The first-order valence-electron chi connectivity index (χ1n) is 7.48. The third-order valence-electron chi connectivity index (χ3n) is 3.53. The summed E-state index contributed by atoms with van der Waals surface area (Å²) in [6.45, 7) is 2.21. The molecule has 0 bridgehead atoms. The molecular formula is C18H18F3NO2. The Bertz CT molecular complexity index is 654. The number of alkyl halides is 3. The summed E-state index contributed by atoms with van der Waals surface area (Å²) < 4.78 is 42.5. The Hall–Kier alpha value is -2.50. The fraction of sp³-hybridized carbons (Fsp3) is 0.278. The lowest BCUT2D eigenvalue weighted by Gasteiger charge is -2.13. The number of ether oxygens (including phenoxy) is 1. The molecular weight excluding hydrogens is 319 g/mol. The van der Waals surface area contributed by atoms with Gasteiger partial charge in [0.15, 0.2) is 6.61 Å². The van der Waals surface area contributed by atoms with Crippen molar-refractivity contribution in [2.75, 3.05) is 13.2 Å². The third-order valence-corrected chi connectivity index (χ3v) is 3.53. The van der Waals surface area contributed by atoms with Crippen LogP contribution >= 0.6 is 0 Å². The van der Waals surface area contributed by atoms with Crippen molar-refractivity contribution < 1.29 is 22.7 Å². The van der Waals surface area contributed by atoms with E-state index in [1.807, 2.05) is 37.3 Å². The van der Waals surface area contributed by atoms with Gasteiger partial charge >= 0.3 is 6.18 Å². The van der Waals surface area contributed by atoms with Crippen LogP contribution in [0.1, 0.15) is 24.0 Å². The number of amides is 1. The van der Waals surface area contributed by atoms with Gasteiger partial charge in [-0.05, 0) is 35.7 Å². The van der Waals surface area contributed by atoms with Crippen molar-refractivity contribution in [1.82, 2.24) is 5.32 Å². The fourth-order valence-corrected chi connectivity index (χ4v) is 2.11. The Morgan fingerprint density at radius 2 is 1.71 bits per heavy atom. The van der Waals surface area contributed by atoms with Crippen LogP contribution in [-0.2, 0) is 11.0 Å². The van der Waals surface area contributed by atoms with Crippen LogP contribution < -0.4 is 10.1 Å². The number of rotatable bonds is 6. The summed E-state index contributed by atoms with van der Waals surface area (Å²) in [5, 5.41) is 2.74. The van der Waals surface area contributed by atoms with E-state index in [2.05, 4.69) is 5.32 Å². The number of carbonyl (C=O) groups excluding carboxylic acids is 1. The number of carbonyl (C=O) groups is 1. The summed E-state index contributed by atoms with van der Waals surface area (Å²) in [6, 6.07) is 14.0. The number of halogens is 3. The molecule has 1 amide bonds. The average molecular weight is 337 g/mol. The zero-order chi connectivity index (χ0) is 17.6. The molecule has 0 aliphatic carbocycles. The second kappa shape index (κ2) is 7.86. The topological polar surface area (TPSA) is 38.3 Å². The quantitative estimate of drug-likeness (QED) is 0.865. The maximum atomic E-state index is 12.4. The highest BCUT2D eigenvalue weighted by Gasteiger charge is 2.30. The minimum absolute atomic E-state index is 0.154. The van der Waals surface area contributed by atoms with Gasteiger partial charge < -0.3 is 10.1 Å². The van der Waals surface area contributed by atoms with Gasteiger partial charge in [-0.1, -0.05) is 37.3 Å². The van der Waals surface area contributed by atoms with Crippen LogP contribution in [0, 0.1) is 0 Å². The van der Waals surface area contributed by atoms with Crippen molar-refractivity contribution in [2.45, 2.75) is 19.0 Å². The first-order valence-corrected chi connectivity index (χ1v) is 7.48. The molecule has 6 heteroatoms. The number of nitrogens with one attached hydrogen (secondary N) is 1. The molecule has 24 heavy (non-hydrogen) atoms. The van der Waals surface area contributed by atoms with Crippen LogP contribution in [0.4, 0.5) is 13.2 Å². The molecule has 0 aliphatic heterocycles. The van der Waals surface area contributed by atoms with E-state index in [0.29, 0.717) is 6.54 Å². The molecule has 2 rings (SSSR count). The molecule has 3 nitrogen and oxygen atoms in total. The molecule has 0 saturated heterocycles.